The summed E-state index contributed by atoms with van der Waals surface area (Å²) in [5, 5.41) is 0. The molecule has 1 aliphatic carbocycles. The van der Waals surface area contributed by atoms with Gasteiger partial charge in [-0.05, 0) is 49.3 Å². The van der Waals surface area contributed by atoms with Gasteiger partial charge in [0.05, 0.1) is 0 Å². The molecule has 1 aromatic carbocycles. The van der Waals surface area contributed by atoms with Crippen molar-refractivity contribution in [3.63, 3.8) is 0 Å². The van der Waals surface area contributed by atoms with Crippen molar-refractivity contribution in [2.24, 2.45) is 11.7 Å². The van der Waals surface area contributed by atoms with Crippen molar-refractivity contribution in [2.45, 2.75) is 32.2 Å². The minimum absolute atomic E-state index is 0.119. The number of aryl methyl sites for hydroxylation is 1. The van der Waals surface area contributed by atoms with Crippen molar-refractivity contribution in [2.75, 3.05) is 0 Å². The predicted octanol–water partition coefficient (Wildman–Crippen LogP) is 2.58. The highest BCUT2D eigenvalue weighted by Crippen LogP contribution is 2.49. The first-order valence-electron chi connectivity index (χ1n) is 5.11. The Morgan fingerprint density at radius 1 is 1.50 bits per heavy atom. The number of rotatable bonds is 2. The smallest absolute Gasteiger partial charge is 0.126 e. The molecule has 1 nitrogen and oxygen atoms in total. The molecule has 3 atom stereocenters. The third kappa shape index (κ3) is 1.67. The first kappa shape index (κ1) is 9.66. The third-order valence-electron chi connectivity index (χ3n) is 3.13. The lowest BCUT2D eigenvalue weighted by molar-refractivity contribution is 0.614. The molecule has 2 N–H and O–H groups in total. The molecule has 2 heteroatoms. The van der Waals surface area contributed by atoms with Crippen LogP contribution in [-0.4, -0.2) is 6.04 Å². The SMILES string of the molecule is Cc1cc(C2CC2C(C)N)ccc1F. The molecule has 0 amide bonds. The summed E-state index contributed by atoms with van der Waals surface area (Å²) in [4.78, 5) is 0. The van der Waals surface area contributed by atoms with Gasteiger partial charge in [-0.15, -0.1) is 0 Å². The van der Waals surface area contributed by atoms with Crippen LogP contribution in [0.1, 0.15) is 30.4 Å². The molecule has 2 rings (SSSR count). The highest BCUT2D eigenvalue weighted by atomic mass is 19.1. The normalized spacial score (nSPS) is 27.4. The lowest BCUT2D eigenvalue weighted by atomic mass is 10.0. The van der Waals surface area contributed by atoms with E-state index < -0.39 is 0 Å². The van der Waals surface area contributed by atoms with Gasteiger partial charge in [0.2, 0.25) is 0 Å². The molecule has 0 heterocycles. The van der Waals surface area contributed by atoms with Crippen molar-refractivity contribution in [1.82, 2.24) is 0 Å². The maximum absolute atomic E-state index is 13.0. The van der Waals surface area contributed by atoms with Crippen molar-refractivity contribution in [1.29, 1.82) is 0 Å². The Hall–Kier alpha value is -0.890. The van der Waals surface area contributed by atoms with Crippen LogP contribution in [0.3, 0.4) is 0 Å². The zero-order chi connectivity index (χ0) is 10.3. The van der Waals surface area contributed by atoms with E-state index in [1.54, 1.807) is 6.07 Å². The molecule has 1 fully saturated rings. The Labute approximate surface area is 84.1 Å². The molecule has 1 aromatic rings. The van der Waals surface area contributed by atoms with Crippen LogP contribution in [-0.2, 0) is 0 Å². The monoisotopic (exact) mass is 193 g/mol. The number of nitrogens with two attached hydrogens (primary N) is 1. The van der Waals surface area contributed by atoms with Crippen LogP contribution < -0.4 is 5.73 Å². The molecule has 0 spiro atoms. The molecule has 14 heavy (non-hydrogen) atoms. The van der Waals surface area contributed by atoms with E-state index in [-0.39, 0.29) is 11.9 Å². The van der Waals surface area contributed by atoms with Gasteiger partial charge in [-0.25, -0.2) is 4.39 Å². The standard InChI is InChI=1S/C12H16FN/c1-7-5-9(3-4-12(7)13)11-6-10(11)8(2)14/h3-5,8,10-11H,6,14H2,1-2H3. The van der Waals surface area contributed by atoms with E-state index in [0.717, 1.165) is 12.0 Å². The van der Waals surface area contributed by atoms with E-state index in [9.17, 15) is 4.39 Å². The minimum Gasteiger partial charge on any atom is -0.328 e. The van der Waals surface area contributed by atoms with Crippen LogP contribution >= 0.6 is 0 Å². The lowest BCUT2D eigenvalue weighted by Gasteiger charge is -2.05. The second kappa shape index (κ2) is 3.35. The molecule has 0 aromatic heterocycles. The van der Waals surface area contributed by atoms with E-state index in [1.807, 2.05) is 26.0 Å². The van der Waals surface area contributed by atoms with Gasteiger partial charge >= 0.3 is 0 Å². The second-order valence-corrected chi connectivity index (χ2v) is 4.37. The molecular formula is C12H16FN. The van der Waals surface area contributed by atoms with Crippen LogP contribution in [0, 0.1) is 18.7 Å². The second-order valence-electron chi connectivity index (χ2n) is 4.37. The van der Waals surface area contributed by atoms with E-state index in [4.69, 9.17) is 5.73 Å². The van der Waals surface area contributed by atoms with E-state index in [1.165, 1.54) is 5.56 Å². The van der Waals surface area contributed by atoms with E-state index in [2.05, 4.69) is 0 Å². The number of halogens is 1. The minimum atomic E-state index is -0.119. The summed E-state index contributed by atoms with van der Waals surface area (Å²) in [6, 6.07) is 5.64. The Balaban J connectivity index is 2.16. The van der Waals surface area contributed by atoms with Gasteiger partial charge in [0, 0.05) is 6.04 Å². The highest BCUT2D eigenvalue weighted by Gasteiger charge is 2.40. The fraction of sp³-hybridized carbons (Fsp3) is 0.500. The molecule has 0 radical (unpaired) electrons. The largest absolute Gasteiger partial charge is 0.328 e. The molecule has 0 aliphatic heterocycles. The topological polar surface area (TPSA) is 26.0 Å². The van der Waals surface area contributed by atoms with Gasteiger partial charge in [-0.2, -0.15) is 0 Å². The van der Waals surface area contributed by atoms with Crippen LogP contribution in [0.2, 0.25) is 0 Å². The first-order chi connectivity index (χ1) is 6.59. The summed E-state index contributed by atoms with van der Waals surface area (Å²) in [6.45, 7) is 3.85. The van der Waals surface area contributed by atoms with Crippen molar-refractivity contribution < 1.29 is 4.39 Å². The first-order valence-corrected chi connectivity index (χ1v) is 5.11. The quantitative estimate of drug-likeness (QED) is 0.767. The Bertz CT molecular complexity index is 346. The summed E-state index contributed by atoms with van der Waals surface area (Å²) >= 11 is 0. The van der Waals surface area contributed by atoms with E-state index in [0.29, 0.717) is 11.8 Å². The maximum atomic E-state index is 13.0. The van der Waals surface area contributed by atoms with Crippen LogP contribution in [0.25, 0.3) is 0 Å². The Kier molecular flexibility index (Phi) is 2.31. The molecule has 1 aliphatic rings. The molecule has 0 bridgehead atoms. The number of hydrogen-bond acceptors (Lipinski definition) is 1. The molecule has 76 valence electrons. The van der Waals surface area contributed by atoms with Crippen molar-refractivity contribution >= 4 is 0 Å². The van der Waals surface area contributed by atoms with E-state index >= 15 is 0 Å². The van der Waals surface area contributed by atoms with Crippen LogP contribution in [0.4, 0.5) is 4.39 Å². The van der Waals surface area contributed by atoms with Crippen molar-refractivity contribution in [3.05, 3.63) is 35.1 Å². The molecular weight excluding hydrogens is 177 g/mol. The van der Waals surface area contributed by atoms with Gasteiger partial charge in [0.25, 0.3) is 0 Å². The summed E-state index contributed by atoms with van der Waals surface area (Å²) in [5.41, 5.74) is 7.80. The van der Waals surface area contributed by atoms with Gasteiger partial charge in [0.1, 0.15) is 5.82 Å². The van der Waals surface area contributed by atoms with Gasteiger partial charge in [-0.3, -0.25) is 0 Å². The molecule has 0 saturated heterocycles. The Morgan fingerprint density at radius 2 is 2.21 bits per heavy atom. The molecule has 3 unspecified atom stereocenters. The Morgan fingerprint density at radius 3 is 2.71 bits per heavy atom. The number of hydrogen-bond donors (Lipinski definition) is 1. The number of benzene rings is 1. The van der Waals surface area contributed by atoms with Crippen LogP contribution in [0.5, 0.6) is 0 Å². The maximum Gasteiger partial charge on any atom is 0.126 e. The fourth-order valence-corrected chi connectivity index (χ4v) is 2.08. The summed E-state index contributed by atoms with van der Waals surface area (Å²) in [6.07, 6.45) is 1.16. The zero-order valence-corrected chi connectivity index (χ0v) is 8.63. The molecule has 1 saturated carbocycles. The fourth-order valence-electron chi connectivity index (χ4n) is 2.08. The zero-order valence-electron chi connectivity index (χ0n) is 8.63. The third-order valence-corrected chi connectivity index (χ3v) is 3.13. The highest BCUT2D eigenvalue weighted by molar-refractivity contribution is 5.31. The lowest BCUT2D eigenvalue weighted by Crippen LogP contribution is -2.17. The summed E-state index contributed by atoms with van der Waals surface area (Å²) in [7, 11) is 0. The van der Waals surface area contributed by atoms with Gasteiger partial charge < -0.3 is 5.73 Å². The van der Waals surface area contributed by atoms with Gasteiger partial charge in [0.15, 0.2) is 0 Å². The van der Waals surface area contributed by atoms with Gasteiger partial charge in [-0.1, -0.05) is 12.1 Å². The summed E-state index contributed by atoms with van der Waals surface area (Å²) in [5.74, 6) is 1.04. The van der Waals surface area contributed by atoms with Crippen molar-refractivity contribution in [3.8, 4) is 0 Å². The predicted molar refractivity (Wildman–Crippen MR) is 55.6 cm³/mol. The van der Waals surface area contributed by atoms with Crippen LogP contribution in [0.15, 0.2) is 18.2 Å². The summed E-state index contributed by atoms with van der Waals surface area (Å²) < 4.78 is 13.0. The average Bonchev–Trinajstić information content (AvgIpc) is 2.89. The average molecular weight is 193 g/mol.